The summed E-state index contributed by atoms with van der Waals surface area (Å²) < 4.78 is 0. The lowest BCUT2D eigenvalue weighted by atomic mass is 9.97. The molecule has 0 atom stereocenters. The van der Waals surface area contributed by atoms with Gasteiger partial charge in [0.2, 0.25) is 0 Å². The van der Waals surface area contributed by atoms with E-state index in [2.05, 4.69) is 22.2 Å². The molecule has 3 N–H and O–H groups in total. The molecule has 2 rings (SSSR count). The van der Waals surface area contributed by atoms with Gasteiger partial charge in [-0.3, -0.25) is 4.79 Å². The second kappa shape index (κ2) is 5.46. The molecule has 0 radical (unpaired) electrons. The fraction of sp³-hybridized carbons (Fsp3) is 0.636. The van der Waals surface area contributed by atoms with Gasteiger partial charge in [-0.25, -0.2) is 4.98 Å². The Labute approximate surface area is 105 Å². The van der Waals surface area contributed by atoms with Crippen molar-refractivity contribution in [1.82, 2.24) is 15.2 Å². The standard InChI is InChI=1S/C11H18N4OS/c1-15-4-2-8(3-5-15)6-13-10(16)9-7-17-11(12)14-9/h7-8H,2-6H2,1H3,(H2,12,14)(H,13,16). The van der Waals surface area contributed by atoms with Crippen LogP contribution in [0.15, 0.2) is 5.38 Å². The van der Waals surface area contributed by atoms with Gasteiger partial charge in [0, 0.05) is 11.9 Å². The lowest BCUT2D eigenvalue weighted by molar-refractivity contribution is 0.0935. The van der Waals surface area contributed by atoms with Gasteiger partial charge in [-0.15, -0.1) is 11.3 Å². The van der Waals surface area contributed by atoms with Gasteiger partial charge in [-0.1, -0.05) is 0 Å². The number of nitrogen functional groups attached to an aromatic ring is 1. The summed E-state index contributed by atoms with van der Waals surface area (Å²) in [4.78, 5) is 18.0. The van der Waals surface area contributed by atoms with Crippen molar-refractivity contribution in [2.75, 3.05) is 32.4 Å². The summed E-state index contributed by atoms with van der Waals surface area (Å²) in [5.41, 5.74) is 5.92. The first-order valence-corrected chi connectivity index (χ1v) is 6.71. The van der Waals surface area contributed by atoms with Crippen LogP contribution in [0.4, 0.5) is 5.13 Å². The number of amides is 1. The average molecular weight is 254 g/mol. The highest BCUT2D eigenvalue weighted by Gasteiger charge is 2.18. The lowest BCUT2D eigenvalue weighted by Crippen LogP contribution is -2.36. The van der Waals surface area contributed by atoms with Crippen molar-refractivity contribution >= 4 is 22.4 Å². The number of carbonyl (C=O) groups is 1. The number of aromatic nitrogens is 1. The zero-order chi connectivity index (χ0) is 12.3. The Morgan fingerprint density at radius 2 is 2.35 bits per heavy atom. The summed E-state index contributed by atoms with van der Waals surface area (Å²) in [6.45, 7) is 2.97. The minimum absolute atomic E-state index is 0.114. The van der Waals surface area contributed by atoms with Crippen LogP contribution in [0.25, 0.3) is 0 Å². The summed E-state index contributed by atoms with van der Waals surface area (Å²) in [5.74, 6) is 0.475. The Morgan fingerprint density at radius 3 is 2.94 bits per heavy atom. The second-order valence-electron chi connectivity index (χ2n) is 4.53. The van der Waals surface area contributed by atoms with Crippen molar-refractivity contribution in [3.8, 4) is 0 Å². The molecule has 6 heteroatoms. The van der Waals surface area contributed by atoms with E-state index in [0.29, 0.717) is 16.7 Å². The van der Waals surface area contributed by atoms with E-state index in [4.69, 9.17) is 5.73 Å². The second-order valence-corrected chi connectivity index (χ2v) is 5.42. The van der Waals surface area contributed by atoms with Gasteiger partial charge < -0.3 is 16.0 Å². The quantitative estimate of drug-likeness (QED) is 0.837. The normalized spacial score (nSPS) is 18.2. The van der Waals surface area contributed by atoms with E-state index in [1.807, 2.05) is 0 Å². The molecule has 2 heterocycles. The zero-order valence-corrected chi connectivity index (χ0v) is 10.8. The van der Waals surface area contributed by atoms with Crippen LogP contribution in [0.2, 0.25) is 0 Å². The monoisotopic (exact) mass is 254 g/mol. The van der Waals surface area contributed by atoms with Crippen LogP contribution in [0.3, 0.4) is 0 Å². The highest BCUT2D eigenvalue weighted by atomic mass is 32.1. The highest BCUT2D eigenvalue weighted by molar-refractivity contribution is 7.13. The largest absolute Gasteiger partial charge is 0.375 e. The van der Waals surface area contributed by atoms with Crippen LogP contribution in [-0.2, 0) is 0 Å². The summed E-state index contributed by atoms with van der Waals surface area (Å²) in [7, 11) is 2.13. The van der Waals surface area contributed by atoms with Crippen molar-refractivity contribution < 1.29 is 4.79 Å². The first-order valence-electron chi connectivity index (χ1n) is 5.83. The number of piperidine rings is 1. The van der Waals surface area contributed by atoms with E-state index in [9.17, 15) is 4.79 Å². The molecule has 5 nitrogen and oxygen atoms in total. The van der Waals surface area contributed by atoms with E-state index in [1.165, 1.54) is 11.3 Å². The van der Waals surface area contributed by atoms with Crippen molar-refractivity contribution in [2.45, 2.75) is 12.8 Å². The molecule has 1 aliphatic rings. The Balaban J connectivity index is 1.76. The minimum atomic E-state index is -0.114. The number of nitrogens with zero attached hydrogens (tertiary/aromatic N) is 2. The van der Waals surface area contributed by atoms with Crippen LogP contribution in [0.5, 0.6) is 0 Å². The highest BCUT2D eigenvalue weighted by Crippen LogP contribution is 2.15. The third-order valence-electron chi connectivity index (χ3n) is 3.14. The fourth-order valence-corrected chi connectivity index (χ4v) is 2.53. The van der Waals surface area contributed by atoms with Crippen molar-refractivity contribution in [3.63, 3.8) is 0 Å². The van der Waals surface area contributed by atoms with Crippen LogP contribution >= 0.6 is 11.3 Å². The predicted molar refractivity (Wildman–Crippen MR) is 69.1 cm³/mol. The Bertz CT molecular complexity index is 385. The topological polar surface area (TPSA) is 71.2 Å². The van der Waals surface area contributed by atoms with Crippen molar-refractivity contribution in [1.29, 1.82) is 0 Å². The number of nitrogens with one attached hydrogen (secondary N) is 1. The maximum absolute atomic E-state index is 11.7. The SMILES string of the molecule is CN1CCC(CNC(=O)c2csc(N)n2)CC1. The maximum atomic E-state index is 11.7. The number of anilines is 1. The minimum Gasteiger partial charge on any atom is -0.375 e. The first kappa shape index (κ1) is 12.3. The molecule has 0 saturated carbocycles. The molecule has 17 heavy (non-hydrogen) atoms. The predicted octanol–water partition coefficient (Wildman–Crippen LogP) is 0.797. The Kier molecular flexibility index (Phi) is 3.96. The molecule has 1 saturated heterocycles. The van der Waals surface area contributed by atoms with Gasteiger partial charge in [0.1, 0.15) is 5.69 Å². The average Bonchev–Trinajstić information content (AvgIpc) is 2.75. The van der Waals surface area contributed by atoms with Gasteiger partial charge in [-0.2, -0.15) is 0 Å². The molecule has 0 aromatic carbocycles. The van der Waals surface area contributed by atoms with E-state index in [0.717, 1.165) is 32.5 Å². The van der Waals surface area contributed by atoms with Crippen LogP contribution in [0.1, 0.15) is 23.3 Å². The molecule has 1 aromatic heterocycles. The van der Waals surface area contributed by atoms with Gasteiger partial charge in [0.25, 0.3) is 5.91 Å². The number of rotatable bonds is 3. The number of carbonyl (C=O) groups excluding carboxylic acids is 1. The summed E-state index contributed by atoms with van der Waals surface area (Å²) in [6, 6.07) is 0. The van der Waals surface area contributed by atoms with E-state index >= 15 is 0 Å². The van der Waals surface area contributed by atoms with E-state index < -0.39 is 0 Å². The number of hydrogen-bond donors (Lipinski definition) is 2. The number of nitrogens with two attached hydrogens (primary N) is 1. The van der Waals surface area contributed by atoms with Gasteiger partial charge in [-0.05, 0) is 38.9 Å². The molecular formula is C11H18N4OS. The number of hydrogen-bond acceptors (Lipinski definition) is 5. The molecular weight excluding hydrogens is 236 g/mol. The molecule has 94 valence electrons. The fourth-order valence-electron chi connectivity index (χ4n) is 1.99. The van der Waals surface area contributed by atoms with Crippen LogP contribution in [-0.4, -0.2) is 42.5 Å². The zero-order valence-electron chi connectivity index (χ0n) is 9.98. The molecule has 1 fully saturated rings. The molecule has 0 spiro atoms. The molecule has 1 aliphatic heterocycles. The molecule has 0 bridgehead atoms. The maximum Gasteiger partial charge on any atom is 0.270 e. The molecule has 1 aromatic rings. The Morgan fingerprint density at radius 1 is 1.65 bits per heavy atom. The third-order valence-corrected chi connectivity index (χ3v) is 3.82. The Hall–Kier alpha value is -1.14. The first-order chi connectivity index (χ1) is 8.15. The lowest BCUT2D eigenvalue weighted by Gasteiger charge is -2.28. The van der Waals surface area contributed by atoms with Gasteiger partial charge in [0.05, 0.1) is 0 Å². The van der Waals surface area contributed by atoms with Crippen molar-refractivity contribution in [3.05, 3.63) is 11.1 Å². The summed E-state index contributed by atoms with van der Waals surface area (Å²) in [5, 5.41) is 5.06. The summed E-state index contributed by atoms with van der Waals surface area (Å²) in [6.07, 6.45) is 2.30. The molecule has 0 aliphatic carbocycles. The summed E-state index contributed by atoms with van der Waals surface area (Å²) >= 11 is 1.29. The smallest absolute Gasteiger partial charge is 0.270 e. The van der Waals surface area contributed by atoms with E-state index in [1.54, 1.807) is 5.38 Å². The number of likely N-dealkylation sites (tertiary alicyclic amines) is 1. The number of thiazole rings is 1. The molecule has 1 amide bonds. The van der Waals surface area contributed by atoms with Gasteiger partial charge in [0.15, 0.2) is 5.13 Å². The van der Waals surface area contributed by atoms with Crippen molar-refractivity contribution in [2.24, 2.45) is 5.92 Å². The third kappa shape index (κ3) is 3.41. The van der Waals surface area contributed by atoms with Crippen LogP contribution < -0.4 is 11.1 Å². The van der Waals surface area contributed by atoms with Crippen LogP contribution in [0, 0.1) is 5.92 Å². The van der Waals surface area contributed by atoms with E-state index in [-0.39, 0.29) is 5.91 Å². The van der Waals surface area contributed by atoms with Gasteiger partial charge >= 0.3 is 0 Å². The molecule has 0 unspecified atom stereocenters.